The summed E-state index contributed by atoms with van der Waals surface area (Å²) in [7, 11) is 0. The van der Waals surface area contributed by atoms with Gasteiger partial charge < -0.3 is 6.15 Å². The third-order valence-electron chi connectivity index (χ3n) is 0.599. The number of hydrogen-bond donors (Lipinski definition) is 1. The summed E-state index contributed by atoms with van der Waals surface area (Å²) < 4.78 is 0. The Kier molecular flexibility index (Phi) is 2.75. The standard InChI is InChI=1S/C3H2N2O2S.H3N/c6-5(7)3-1-4-2-8-3;/h1-2H;1H3. The molecule has 0 saturated heterocycles. The molecule has 6 heteroatoms. The van der Waals surface area contributed by atoms with Crippen LogP contribution in [0.5, 0.6) is 0 Å². The summed E-state index contributed by atoms with van der Waals surface area (Å²) >= 11 is 1.02. The zero-order valence-electron chi connectivity index (χ0n) is 4.48. The summed E-state index contributed by atoms with van der Waals surface area (Å²) in [5, 5.41) is 9.93. The van der Waals surface area contributed by atoms with Crippen LogP contribution in [0.3, 0.4) is 0 Å². The molecule has 0 bridgehead atoms. The first-order valence-electron chi connectivity index (χ1n) is 1.83. The van der Waals surface area contributed by atoms with Gasteiger partial charge >= 0.3 is 5.00 Å². The molecule has 0 fully saturated rings. The number of hydrogen-bond acceptors (Lipinski definition) is 5. The predicted octanol–water partition coefficient (Wildman–Crippen LogP) is 1.21. The smallest absolute Gasteiger partial charge is 0.343 e. The Morgan fingerprint density at radius 3 is 2.67 bits per heavy atom. The van der Waals surface area contributed by atoms with Gasteiger partial charge in [0.25, 0.3) is 0 Å². The summed E-state index contributed by atoms with van der Waals surface area (Å²) in [6.45, 7) is 0. The van der Waals surface area contributed by atoms with Crippen molar-refractivity contribution < 1.29 is 4.92 Å². The lowest BCUT2D eigenvalue weighted by Gasteiger charge is -1.75. The Morgan fingerprint density at radius 1 is 1.78 bits per heavy atom. The van der Waals surface area contributed by atoms with Gasteiger partial charge in [0.05, 0.1) is 10.4 Å². The molecule has 1 rings (SSSR count). The second kappa shape index (κ2) is 3.10. The maximum atomic E-state index is 9.84. The van der Waals surface area contributed by atoms with Crippen LogP contribution in [-0.4, -0.2) is 9.91 Å². The summed E-state index contributed by atoms with van der Waals surface area (Å²) in [5.41, 5.74) is 1.43. The lowest BCUT2D eigenvalue weighted by Crippen LogP contribution is -1.80. The molecular weight excluding hydrogens is 142 g/mol. The van der Waals surface area contributed by atoms with Crippen LogP contribution in [0.15, 0.2) is 11.7 Å². The molecule has 50 valence electrons. The highest BCUT2D eigenvalue weighted by Crippen LogP contribution is 2.14. The van der Waals surface area contributed by atoms with Crippen molar-refractivity contribution in [3.8, 4) is 0 Å². The van der Waals surface area contributed by atoms with Crippen molar-refractivity contribution in [2.24, 2.45) is 0 Å². The van der Waals surface area contributed by atoms with Gasteiger partial charge in [0.1, 0.15) is 6.20 Å². The molecule has 0 aliphatic carbocycles. The number of nitro groups is 1. The average Bonchev–Trinajstić information content (AvgIpc) is 2.12. The predicted molar refractivity (Wildman–Crippen MR) is 33.8 cm³/mol. The zero-order valence-corrected chi connectivity index (χ0v) is 5.30. The van der Waals surface area contributed by atoms with Crippen molar-refractivity contribution in [3.05, 3.63) is 21.8 Å². The molecule has 0 unspecified atom stereocenters. The normalized spacial score (nSPS) is 8.00. The van der Waals surface area contributed by atoms with Gasteiger partial charge in [0.15, 0.2) is 0 Å². The van der Waals surface area contributed by atoms with Crippen LogP contribution >= 0.6 is 11.3 Å². The molecular formula is C3H5N3O2S. The Bertz CT molecular complexity index is 185. The highest BCUT2D eigenvalue weighted by atomic mass is 32.1. The molecule has 0 spiro atoms. The van der Waals surface area contributed by atoms with Crippen molar-refractivity contribution in [1.29, 1.82) is 0 Å². The monoisotopic (exact) mass is 147 g/mol. The number of nitrogens with zero attached hydrogens (tertiary/aromatic N) is 2. The van der Waals surface area contributed by atoms with Gasteiger partial charge in [-0.3, -0.25) is 10.1 Å². The second-order valence-corrected chi connectivity index (χ2v) is 1.96. The maximum Gasteiger partial charge on any atom is 0.343 e. The van der Waals surface area contributed by atoms with Gasteiger partial charge in [0, 0.05) is 0 Å². The molecule has 1 aromatic rings. The molecule has 0 aromatic carbocycles. The largest absolute Gasteiger partial charge is 0.344 e. The van der Waals surface area contributed by atoms with E-state index in [1.54, 1.807) is 0 Å². The van der Waals surface area contributed by atoms with Gasteiger partial charge in [-0.05, 0) is 11.3 Å². The van der Waals surface area contributed by atoms with Gasteiger partial charge in [-0.2, -0.15) is 0 Å². The van der Waals surface area contributed by atoms with Crippen LogP contribution < -0.4 is 6.15 Å². The summed E-state index contributed by atoms with van der Waals surface area (Å²) in [6.07, 6.45) is 1.23. The van der Waals surface area contributed by atoms with Crippen LogP contribution in [0.4, 0.5) is 5.00 Å². The Labute approximate surface area is 55.1 Å². The first kappa shape index (κ1) is 7.99. The minimum atomic E-state index is -0.461. The first-order valence-corrected chi connectivity index (χ1v) is 2.71. The fraction of sp³-hybridized carbons (Fsp3) is 0. The van der Waals surface area contributed by atoms with Crippen LogP contribution in [-0.2, 0) is 0 Å². The van der Waals surface area contributed by atoms with Gasteiger partial charge in [-0.25, -0.2) is 4.98 Å². The Balaban J connectivity index is 0.000000640. The van der Waals surface area contributed by atoms with E-state index in [4.69, 9.17) is 0 Å². The molecule has 0 saturated carbocycles. The molecule has 3 N–H and O–H groups in total. The van der Waals surface area contributed by atoms with Gasteiger partial charge in [-0.15, -0.1) is 0 Å². The minimum absolute atomic E-state index is 0. The SMILES string of the molecule is N.O=[N+]([O-])c1cncs1. The lowest BCUT2D eigenvalue weighted by atomic mass is 10.9. The summed E-state index contributed by atoms with van der Waals surface area (Å²) in [5.74, 6) is 0. The molecule has 0 amide bonds. The molecule has 9 heavy (non-hydrogen) atoms. The third kappa shape index (κ3) is 1.74. The lowest BCUT2D eigenvalue weighted by molar-refractivity contribution is -0.380. The van der Waals surface area contributed by atoms with Crippen LogP contribution in [0.25, 0.3) is 0 Å². The van der Waals surface area contributed by atoms with E-state index in [0.717, 1.165) is 11.3 Å². The minimum Gasteiger partial charge on any atom is -0.344 e. The van der Waals surface area contributed by atoms with E-state index in [9.17, 15) is 10.1 Å². The molecule has 0 radical (unpaired) electrons. The fourth-order valence-corrected chi connectivity index (χ4v) is 0.737. The van der Waals surface area contributed by atoms with Crippen molar-refractivity contribution in [2.45, 2.75) is 0 Å². The molecule has 0 aliphatic heterocycles. The van der Waals surface area contributed by atoms with Crippen LogP contribution in [0.2, 0.25) is 0 Å². The van der Waals surface area contributed by atoms with Crippen LogP contribution in [0.1, 0.15) is 0 Å². The van der Waals surface area contributed by atoms with E-state index >= 15 is 0 Å². The van der Waals surface area contributed by atoms with E-state index < -0.39 is 4.92 Å². The van der Waals surface area contributed by atoms with E-state index in [2.05, 4.69) is 4.98 Å². The van der Waals surface area contributed by atoms with Crippen molar-refractivity contribution in [3.63, 3.8) is 0 Å². The summed E-state index contributed by atoms with van der Waals surface area (Å²) in [6, 6.07) is 0. The zero-order chi connectivity index (χ0) is 5.98. The van der Waals surface area contributed by atoms with Crippen molar-refractivity contribution in [2.75, 3.05) is 0 Å². The highest BCUT2D eigenvalue weighted by Gasteiger charge is 2.03. The highest BCUT2D eigenvalue weighted by molar-refractivity contribution is 7.12. The maximum absolute atomic E-state index is 9.84. The third-order valence-corrected chi connectivity index (χ3v) is 1.32. The number of rotatable bonds is 1. The molecule has 1 heterocycles. The van der Waals surface area contributed by atoms with Crippen molar-refractivity contribution >= 4 is 16.3 Å². The Morgan fingerprint density at radius 2 is 2.44 bits per heavy atom. The molecule has 1 aromatic heterocycles. The van der Waals surface area contributed by atoms with E-state index in [0.29, 0.717) is 0 Å². The first-order chi connectivity index (χ1) is 3.80. The molecule has 0 atom stereocenters. The summed E-state index contributed by atoms with van der Waals surface area (Å²) in [4.78, 5) is 12.9. The van der Waals surface area contributed by atoms with Gasteiger partial charge in [0.2, 0.25) is 0 Å². The van der Waals surface area contributed by atoms with Crippen LogP contribution in [0, 0.1) is 10.1 Å². The van der Waals surface area contributed by atoms with E-state index in [-0.39, 0.29) is 11.2 Å². The fourth-order valence-electron chi connectivity index (χ4n) is 0.299. The second-order valence-electron chi connectivity index (χ2n) is 1.10. The van der Waals surface area contributed by atoms with E-state index in [1.807, 2.05) is 0 Å². The quantitative estimate of drug-likeness (QED) is 0.477. The van der Waals surface area contributed by atoms with Gasteiger partial charge in [-0.1, -0.05) is 0 Å². The Hall–Kier alpha value is -1.01. The molecule has 0 aliphatic rings. The number of thiazole rings is 1. The molecule has 5 nitrogen and oxygen atoms in total. The van der Waals surface area contributed by atoms with Crippen molar-refractivity contribution in [1.82, 2.24) is 11.1 Å². The number of aromatic nitrogens is 1. The average molecular weight is 147 g/mol. The van der Waals surface area contributed by atoms with E-state index in [1.165, 1.54) is 11.7 Å². The topological polar surface area (TPSA) is 91.0 Å².